The summed E-state index contributed by atoms with van der Waals surface area (Å²) in [6, 6.07) is 21.6. The molecule has 0 aliphatic rings. The first kappa shape index (κ1) is 22.9. The molecule has 4 rings (SSSR count). The smallest absolute Gasteiger partial charge is 0.252 e. The van der Waals surface area contributed by atoms with Gasteiger partial charge in [0, 0.05) is 29.6 Å². The van der Waals surface area contributed by atoms with Gasteiger partial charge in [-0.15, -0.1) is 11.8 Å². The second kappa shape index (κ2) is 10.6. The number of aromatic nitrogens is 2. The lowest BCUT2D eigenvalue weighted by molar-refractivity contribution is 0.0939. The highest BCUT2D eigenvalue weighted by atomic mass is 32.2. The third-order valence-electron chi connectivity index (χ3n) is 5.48. The van der Waals surface area contributed by atoms with Crippen molar-refractivity contribution in [1.29, 1.82) is 0 Å². The Bertz CT molecular complexity index is 1200. The number of methoxy groups -OCH3 is 1. The molecule has 0 saturated heterocycles. The molecule has 6 nitrogen and oxygen atoms in total. The van der Waals surface area contributed by atoms with Crippen LogP contribution in [0.15, 0.2) is 84.0 Å². The average molecular weight is 461 g/mol. The summed E-state index contributed by atoms with van der Waals surface area (Å²) >= 11 is 1.62. The average Bonchev–Trinajstić information content (AvgIpc) is 3.26. The predicted molar refractivity (Wildman–Crippen MR) is 133 cm³/mol. The van der Waals surface area contributed by atoms with Gasteiger partial charge in [0.15, 0.2) is 0 Å². The van der Waals surface area contributed by atoms with Crippen molar-refractivity contribution in [2.45, 2.75) is 16.7 Å². The largest absolute Gasteiger partial charge is 0.497 e. The number of pyridine rings is 1. The zero-order valence-corrected chi connectivity index (χ0v) is 19.9. The maximum absolute atomic E-state index is 13.1. The van der Waals surface area contributed by atoms with E-state index in [0.29, 0.717) is 17.9 Å². The number of thioether (sulfide) groups is 1. The van der Waals surface area contributed by atoms with E-state index < -0.39 is 0 Å². The number of benzene rings is 2. The van der Waals surface area contributed by atoms with E-state index >= 15 is 0 Å². The van der Waals surface area contributed by atoms with Crippen molar-refractivity contribution in [3.8, 4) is 5.75 Å². The summed E-state index contributed by atoms with van der Waals surface area (Å²) in [4.78, 5) is 20.8. The molecule has 33 heavy (non-hydrogen) atoms. The number of imidazole rings is 1. The van der Waals surface area contributed by atoms with Crippen molar-refractivity contribution in [1.82, 2.24) is 19.6 Å². The second-order valence-electron chi connectivity index (χ2n) is 7.95. The van der Waals surface area contributed by atoms with E-state index in [4.69, 9.17) is 4.74 Å². The Morgan fingerprint density at radius 2 is 1.94 bits per heavy atom. The zero-order chi connectivity index (χ0) is 23.2. The summed E-state index contributed by atoms with van der Waals surface area (Å²) in [7, 11) is 5.68. The zero-order valence-electron chi connectivity index (χ0n) is 19.1. The number of carbonyl (C=O) groups excluding carboxylic acids is 1. The Labute approximate surface area is 198 Å². The fourth-order valence-corrected chi connectivity index (χ4v) is 4.65. The minimum Gasteiger partial charge on any atom is -0.497 e. The van der Waals surface area contributed by atoms with E-state index in [0.717, 1.165) is 27.5 Å². The molecule has 0 fully saturated rings. The first-order chi connectivity index (χ1) is 16.0. The van der Waals surface area contributed by atoms with Gasteiger partial charge >= 0.3 is 0 Å². The molecule has 2 aromatic heterocycles. The summed E-state index contributed by atoms with van der Waals surface area (Å²) in [5, 5.41) is 3.12. The molecule has 170 valence electrons. The van der Waals surface area contributed by atoms with Crippen molar-refractivity contribution in [2.24, 2.45) is 0 Å². The number of nitrogens with zero attached hydrogens (tertiary/aromatic N) is 3. The molecule has 0 aliphatic carbocycles. The number of fused-ring (bicyclic) bond motifs is 1. The van der Waals surface area contributed by atoms with Gasteiger partial charge in [0.1, 0.15) is 11.4 Å². The number of amides is 1. The Hall–Kier alpha value is -3.29. The Kier molecular flexibility index (Phi) is 7.32. The lowest BCUT2D eigenvalue weighted by Gasteiger charge is -2.25. The minimum absolute atomic E-state index is 0.0295. The molecule has 0 spiro atoms. The Morgan fingerprint density at radius 3 is 2.73 bits per heavy atom. The van der Waals surface area contributed by atoms with E-state index in [1.54, 1.807) is 18.9 Å². The molecule has 0 radical (unpaired) electrons. The topological polar surface area (TPSA) is 58.9 Å². The minimum atomic E-state index is -0.0807. The molecular weight excluding hydrogens is 432 g/mol. The number of rotatable bonds is 9. The highest BCUT2D eigenvalue weighted by molar-refractivity contribution is 7.98. The van der Waals surface area contributed by atoms with E-state index in [1.807, 2.05) is 91.6 Å². The molecule has 2 aromatic carbocycles. The van der Waals surface area contributed by atoms with Gasteiger partial charge in [0.2, 0.25) is 0 Å². The van der Waals surface area contributed by atoms with Crippen LogP contribution in [0.4, 0.5) is 0 Å². The summed E-state index contributed by atoms with van der Waals surface area (Å²) < 4.78 is 7.37. The maximum atomic E-state index is 13.1. The van der Waals surface area contributed by atoms with Crippen LogP contribution in [0.25, 0.3) is 5.65 Å². The second-order valence-corrected chi connectivity index (χ2v) is 8.97. The molecule has 1 atom stereocenters. The van der Waals surface area contributed by atoms with Crippen LogP contribution in [0.2, 0.25) is 0 Å². The van der Waals surface area contributed by atoms with Crippen LogP contribution in [0.1, 0.15) is 27.7 Å². The number of hydrogen-bond acceptors (Lipinski definition) is 5. The van der Waals surface area contributed by atoms with Crippen LogP contribution in [-0.4, -0.2) is 47.9 Å². The lowest BCUT2D eigenvalue weighted by atomic mass is 10.1. The van der Waals surface area contributed by atoms with Crippen molar-refractivity contribution >= 4 is 23.3 Å². The van der Waals surface area contributed by atoms with E-state index in [9.17, 15) is 4.79 Å². The highest BCUT2D eigenvalue weighted by Crippen LogP contribution is 2.27. The van der Waals surface area contributed by atoms with Crippen LogP contribution < -0.4 is 10.1 Å². The number of ether oxygens (including phenoxy) is 1. The van der Waals surface area contributed by atoms with Gasteiger partial charge < -0.3 is 19.4 Å². The van der Waals surface area contributed by atoms with Gasteiger partial charge in [-0.1, -0.05) is 30.3 Å². The molecular formula is C26H28N4O2S. The van der Waals surface area contributed by atoms with Crippen molar-refractivity contribution in [2.75, 3.05) is 27.7 Å². The molecule has 1 N–H and O–H groups in total. The van der Waals surface area contributed by atoms with Crippen LogP contribution in [0.3, 0.4) is 0 Å². The number of likely N-dealkylation sites (N-methyl/N-ethyl adjacent to an activating group) is 1. The van der Waals surface area contributed by atoms with Gasteiger partial charge in [-0.2, -0.15) is 0 Å². The van der Waals surface area contributed by atoms with Crippen LogP contribution >= 0.6 is 11.8 Å². The normalized spacial score (nSPS) is 12.1. The van der Waals surface area contributed by atoms with E-state index in [-0.39, 0.29) is 11.9 Å². The molecule has 1 unspecified atom stereocenters. The molecule has 7 heteroatoms. The maximum Gasteiger partial charge on any atom is 0.252 e. The summed E-state index contributed by atoms with van der Waals surface area (Å²) in [6.45, 7) is 0.491. The number of hydrogen-bond donors (Lipinski definition) is 1. The number of nitrogens with one attached hydrogen (secondary N) is 1. The number of carbonyl (C=O) groups is 1. The van der Waals surface area contributed by atoms with Gasteiger partial charge in [0.25, 0.3) is 5.91 Å². The molecule has 1 amide bonds. The monoisotopic (exact) mass is 460 g/mol. The van der Waals surface area contributed by atoms with E-state index in [1.165, 1.54) is 0 Å². The Morgan fingerprint density at radius 1 is 1.12 bits per heavy atom. The van der Waals surface area contributed by atoms with Gasteiger partial charge in [-0.25, -0.2) is 4.98 Å². The van der Waals surface area contributed by atoms with Gasteiger partial charge in [-0.3, -0.25) is 4.79 Å². The summed E-state index contributed by atoms with van der Waals surface area (Å²) in [6.07, 6.45) is 4.02. The lowest BCUT2D eigenvalue weighted by Crippen LogP contribution is -2.34. The highest BCUT2D eigenvalue weighted by Gasteiger charge is 2.18. The first-order valence-electron chi connectivity index (χ1n) is 10.8. The quantitative estimate of drug-likeness (QED) is 0.368. The SMILES string of the molecule is COc1cccc(C(CNC(=O)c2ccccc2SCc2cn3ccccc3n2)N(C)C)c1. The molecule has 0 aliphatic heterocycles. The van der Waals surface area contributed by atoms with Crippen LogP contribution in [0.5, 0.6) is 5.75 Å². The van der Waals surface area contributed by atoms with E-state index in [2.05, 4.69) is 21.3 Å². The predicted octanol–water partition coefficient (Wildman–Crippen LogP) is 4.67. The molecule has 4 aromatic rings. The third kappa shape index (κ3) is 5.56. The standard InChI is InChI=1S/C26H28N4O2S/c1-29(2)23(19-9-8-10-21(15-19)32-3)16-27-26(31)22-11-4-5-12-24(22)33-18-20-17-30-14-7-6-13-25(30)28-20/h4-15,17,23H,16,18H2,1-3H3,(H,27,31). The third-order valence-corrected chi connectivity index (χ3v) is 6.59. The van der Waals surface area contributed by atoms with Crippen molar-refractivity contribution < 1.29 is 9.53 Å². The molecule has 0 bridgehead atoms. The van der Waals surface area contributed by atoms with Crippen LogP contribution in [-0.2, 0) is 5.75 Å². The molecule has 0 saturated carbocycles. The molecule has 2 heterocycles. The fourth-order valence-electron chi connectivity index (χ4n) is 3.72. The van der Waals surface area contributed by atoms with Crippen molar-refractivity contribution in [3.05, 3.63) is 95.9 Å². The Balaban J connectivity index is 1.44. The summed E-state index contributed by atoms with van der Waals surface area (Å²) in [5.74, 6) is 1.41. The van der Waals surface area contributed by atoms with Crippen LogP contribution in [0, 0.1) is 0 Å². The van der Waals surface area contributed by atoms with Gasteiger partial charge in [0.05, 0.1) is 24.4 Å². The van der Waals surface area contributed by atoms with Gasteiger partial charge in [-0.05, 0) is 56.1 Å². The fraction of sp³-hybridized carbons (Fsp3) is 0.231. The first-order valence-corrected chi connectivity index (χ1v) is 11.8. The summed E-state index contributed by atoms with van der Waals surface area (Å²) in [5.41, 5.74) is 3.67. The van der Waals surface area contributed by atoms with Crippen molar-refractivity contribution in [3.63, 3.8) is 0 Å².